The summed E-state index contributed by atoms with van der Waals surface area (Å²) in [5, 5.41) is 18.7. The third kappa shape index (κ3) is 7.06. The van der Waals surface area contributed by atoms with E-state index in [1.807, 2.05) is 12.1 Å². The lowest BCUT2D eigenvalue weighted by Gasteiger charge is -2.11. The Labute approximate surface area is 123 Å². The first-order valence-electron chi connectivity index (χ1n) is 8.15. The Morgan fingerprint density at radius 1 is 0.900 bits per heavy atom. The number of hydrogen-bond donors (Lipinski definition) is 2. The molecule has 0 heterocycles. The second-order valence-corrected chi connectivity index (χ2v) is 5.64. The average molecular weight is 278 g/mol. The summed E-state index contributed by atoms with van der Waals surface area (Å²) < 4.78 is 0. The quantitative estimate of drug-likeness (QED) is 0.589. The van der Waals surface area contributed by atoms with Gasteiger partial charge in [0, 0.05) is 6.61 Å². The molecule has 0 amide bonds. The van der Waals surface area contributed by atoms with Crippen molar-refractivity contribution in [3.8, 4) is 0 Å². The van der Waals surface area contributed by atoms with Crippen molar-refractivity contribution < 1.29 is 10.2 Å². The molecule has 0 spiro atoms. The minimum atomic E-state index is -0.440. The van der Waals surface area contributed by atoms with Crippen LogP contribution in [0.15, 0.2) is 24.3 Å². The second-order valence-electron chi connectivity index (χ2n) is 5.64. The van der Waals surface area contributed by atoms with E-state index in [4.69, 9.17) is 5.11 Å². The van der Waals surface area contributed by atoms with Crippen LogP contribution >= 0.6 is 0 Å². The lowest BCUT2D eigenvalue weighted by atomic mass is 10.0. The molecular formula is C18H30O2. The predicted octanol–water partition coefficient (Wildman–Crippen LogP) is 4.40. The second kappa shape index (κ2) is 10.9. The van der Waals surface area contributed by atoms with Crippen LogP contribution in [0.25, 0.3) is 0 Å². The Morgan fingerprint density at radius 2 is 1.55 bits per heavy atom. The third-order valence-electron chi connectivity index (χ3n) is 3.82. The summed E-state index contributed by atoms with van der Waals surface area (Å²) >= 11 is 0. The lowest BCUT2D eigenvalue weighted by Crippen LogP contribution is -1.99. The number of unbranched alkanes of at least 4 members (excludes halogenated alkanes) is 5. The lowest BCUT2D eigenvalue weighted by molar-refractivity contribution is 0.152. The molecule has 2 heteroatoms. The van der Waals surface area contributed by atoms with Gasteiger partial charge in [-0.15, -0.1) is 0 Å². The van der Waals surface area contributed by atoms with Crippen molar-refractivity contribution >= 4 is 0 Å². The topological polar surface area (TPSA) is 40.5 Å². The molecule has 1 aromatic carbocycles. The monoisotopic (exact) mass is 278 g/mol. The first-order valence-corrected chi connectivity index (χ1v) is 8.15. The molecule has 1 atom stereocenters. The maximum atomic E-state index is 9.93. The Balaban J connectivity index is 2.24. The highest BCUT2D eigenvalue weighted by Crippen LogP contribution is 2.19. The van der Waals surface area contributed by atoms with E-state index in [9.17, 15) is 5.11 Å². The maximum Gasteiger partial charge on any atom is 0.0790 e. The van der Waals surface area contributed by atoms with Gasteiger partial charge < -0.3 is 10.2 Å². The summed E-state index contributed by atoms with van der Waals surface area (Å²) in [6.45, 7) is 2.39. The summed E-state index contributed by atoms with van der Waals surface area (Å²) in [6, 6.07) is 8.30. The van der Waals surface area contributed by atoms with Crippen LogP contribution in [0.5, 0.6) is 0 Å². The SMILES string of the molecule is CCCCCCCCc1ccc(C(O)CCCO)cc1. The van der Waals surface area contributed by atoms with Crippen molar-refractivity contribution in [2.24, 2.45) is 0 Å². The summed E-state index contributed by atoms with van der Waals surface area (Å²) in [5.74, 6) is 0. The minimum Gasteiger partial charge on any atom is -0.396 e. The van der Waals surface area contributed by atoms with Crippen molar-refractivity contribution in [1.29, 1.82) is 0 Å². The van der Waals surface area contributed by atoms with Gasteiger partial charge in [-0.25, -0.2) is 0 Å². The Kier molecular flexibility index (Phi) is 9.35. The molecule has 1 aromatic rings. The summed E-state index contributed by atoms with van der Waals surface area (Å²) in [7, 11) is 0. The van der Waals surface area contributed by atoms with Gasteiger partial charge in [0.05, 0.1) is 6.10 Å². The van der Waals surface area contributed by atoms with Crippen LogP contribution < -0.4 is 0 Å². The largest absolute Gasteiger partial charge is 0.396 e. The summed E-state index contributed by atoms with van der Waals surface area (Å²) in [6.07, 6.45) is 9.95. The van der Waals surface area contributed by atoms with E-state index < -0.39 is 6.10 Å². The first-order chi connectivity index (χ1) is 9.77. The Morgan fingerprint density at radius 3 is 2.20 bits per heavy atom. The molecule has 1 unspecified atom stereocenters. The minimum absolute atomic E-state index is 0.146. The molecule has 0 aliphatic heterocycles. The van der Waals surface area contributed by atoms with Gasteiger partial charge in [-0.05, 0) is 36.8 Å². The third-order valence-corrected chi connectivity index (χ3v) is 3.82. The van der Waals surface area contributed by atoms with Gasteiger partial charge in [-0.1, -0.05) is 63.3 Å². The predicted molar refractivity (Wildman–Crippen MR) is 84.8 cm³/mol. The van der Waals surface area contributed by atoms with Crippen LogP contribution in [0.4, 0.5) is 0 Å². The number of hydrogen-bond acceptors (Lipinski definition) is 2. The number of aliphatic hydroxyl groups excluding tert-OH is 2. The van der Waals surface area contributed by atoms with Crippen molar-refractivity contribution in [2.75, 3.05) is 6.61 Å². The van der Waals surface area contributed by atoms with Crippen molar-refractivity contribution in [1.82, 2.24) is 0 Å². The highest BCUT2D eigenvalue weighted by atomic mass is 16.3. The van der Waals surface area contributed by atoms with Gasteiger partial charge in [0.2, 0.25) is 0 Å². The van der Waals surface area contributed by atoms with Gasteiger partial charge in [0.1, 0.15) is 0 Å². The standard InChI is InChI=1S/C18H30O2/c1-2-3-4-5-6-7-9-16-11-13-17(14-12-16)18(20)10-8-15-19/h11-14,18-20H,2-10,15H2,1H3. The van der Waals surface area contributed by atoms with E-state index in [0.717, 1.165) is 12.0 Å². The van der Waals surface area contributed by atoms with Crippen LogP contribution in [-0.2, 0) is 6.42 Å². The van der Waals surface area contributed by atoms with Gasteiger partial charge in [-0.2, -0.15) is 0 Å². The van der Waals surface area contributed by atoms with E-state index >= 15 is 0 Å². The molecule has 2 nitrogen and oxygen atoms in total. The smallest absolute Gasteiger partial charge is 0.0790 e. The summed E-state index contributed by atoms with van der Waals surface area (Å²) in [4.78, 5) is 0. The molecule has 0 aliphatic carbocycles. The number of aliphatic hydroxyl groups is 2. The zero-order chi connectivity index (χ0) is 14.6. The van der Waals surface area contributed by atoms with Crippen molar-refractivity contribution in [3.05, 3.63) is 35.4 Å². The molecule has 0 aromatic heterocycles. The van der Waals surface area contributed by atoms with Gasteiger partial charge in [0.15, 0.2) is 0 Å². The molecule has 0 aliphatic rings. The first kappa shape index (κ1) is 17.2. The van der Waals surface area contributed by atoms with E-state index in [-0.39, 0.29) is 6.61 Å². The van der Waals surface area contributed by atoms with Crippen LogP contribution in [0.3, 0.4) is 0 Å². The van der Waals surface area contributed by atoms with Crippen molar-refractivity contribution in [3.63, 3.8) is 0 Å². The van der Waals surface area contributed by atoms with Crippen LogP contribution in [0.2, 0.25) is 0 Å². The van der Waals surface area contributed by atoms with Crippen molar-refractivity contribution in [2.45, 2.75) is 70.8 Å². The highest BCUT2D eigenvalue weighted by molar-refractivity contribution is 5.24. The molecule has 0 saturated carbocycles. The number of rotatable bonds is 11. The zero-order valence-electron chi connectivity index (χ0n) is 12.9. The normalized spacial score (nSPS) is 12.6. The van der Waals surface area contributed by atoms with Gasteiger partial charge in [-0.3, -0.25) is 0 Å². The molecular weight excluding hydrogens is 248 g/mol. The molecule has 0 bridgehead atoms. The zero-order valence-corrected chi connectivity index (χ0v) is 12.9. The molecule has 2 N–H and O–H groups in total. The molecule has 114 valence electrons. The number of benzene rings is 1. The molecule has 1 rings (SSSR count). The maximum absolute atomic E-state index is 9.93. The molecule has 0 radical (unpaired) electrons. The average Bonchev–Trinajstić information content (AvgIpc) is 2.49. The fourth-order valence-corrected chi connectivity index (χ4v) is 2.47. The van der Waals surface area contributed by atoms with E-state index in [1.165, 1.54) is 44.1 Å². The van der Waals surface area contributed by atoms with Gasteiger partial charge >= 0.3 is 0 Å². The summed E-state index contributed by atoms with van der Waals surface area (Å²) in [5.41, 5.74) is 2.32. The molecule has 20 heavy (non-hydrogen) atoms. The van der Waals surface area contributed by atoms with E-state index in [0.29, 0.717) is 12.8 Å². The van der Waals surface area contributed by atoms with Crippen LogP contribution in [-0.4, -0.2) is 16.8 Å². The highest BCUT2D eigenvalue weighted by Gasteiger charge is 2.06. The fraction of sp³-hybridized carbons (Fsp3) is 0.667. The molecule has 0 fully saturated rings. The van der Waals surface area contributed by atoms with E-state index in [1.54, 1.807) is 0 Å². The fourth-order valence-electron chi connectivity index (χ4n) is 2.47. The Bertz CT molecular complexity index is 332. The van der Waals surface area contributed by atoms with Crippen LogP contribution in [0, 0.1) is 0 Å². The Hall–Kier alpha value is -0.860. The van der Waals surface area contributed by atoms with Crippen LogP contribution in [0.1, 0.15) is 75.5 Å². The van der Waals surface area contributed by atoms with Gasteiger partial charge in [0.25, 0.3) is 0 Å². The molecule has 0 saturated heterocycles. The number of aryl methyl sites for hydroxylation is 1. The van der Waals surface area contributed by atoms with E-state index in [2.05, 4.69) is 19.1 Å².